The molecule has 0 saturated carbocycles. The zero-order valence-corrected chi connectivity index (χ0v) is 18.8. The lowest BCUT2D eigenvalue weighted by Crippen LogP contribution is -2.16. The molecular weight excluding hydrogens is 501 g/mol. The van der Waals surface area contributed by atoms with Crippen LogP contribution in [0.2, 0.25) is 0 Å². The Morgan fingerprint density at radius 1 is 0.655 bits per heavy atom. The van der Waals surface area contributed by atoms with Crippen LogP contribution in [-0.4, -0.2) is 15.0 Å². The molecule has 2 aromatic carbocycles. The SMILES string of the molecule is O=NCc1ccc(-c2ccc(-c3nc(C(Cl)(Cl)Cl)nc(C(Cl)(Cl)Cl)n3)cc2)cc1. The predicted molar refractivity (Wildman–Crippen MR) is 119 cm³/mol. The van der Waals surface area contributed by atoms with E-state index in [0.29, 0.717) is 5.56 Å². The summed E-state index contributed by atoms with van der Waals surface area (Å²) in [5, 5.41) is 2.88. The van der Waals surface area contributed by atoms with Gasteiger partial charge in [-0.2, -0.15) is 4.91 Å². The Hall–Kier alpha value is -1.21. The van der Waals surface area contributed by atoms with Crippen molar-refractivity contribution in [2.24, 2.45) is 5.18 Å². The maximum atomic E-state index is 10.4. The number of hydrogen-bond donors (Lipinski definition) is 0. The molecule has 0 amide bonds. The maximum Gasteiger partial charge on any atom is 0.250 e. The topological polar surface area (TPSA) is 68.1 Å². The lowest BCUT2D eigenvalue weighted by molar-refractivity contribution is 0.851. The van der Waals surface area contributed by atoms with Crippen LogP contribution in [0.15, 0.2) is 53.7 Å². The van der Waals surface area contributed by atoms with Crippen molar-refractivity contribution in [1.29, 1.82) is 0 Å². The second-order valence-corrected chi connectivity index (χ2v) is 10.4. The molecule has 29 heavy (non-hydrogen) atoms. The number of aromatic nitrogens is 3. The molecule has 1 aromatic heterocycles. The van der Waals surface area contributed by atoms with Gasteiger partial charge in [0.05, 0.1) is 0 Å². The van der Waals surface area contributed by atoms with E-state index in [2.05, 4.69) is 20.1 Å². The van der Waals surface area contributed by atoms with Crippen molar-refractivity contribution in [1.82, 2.24) is 15.0 Å². The minimum atomic E-state index is -1.92. The molecule has 11 heteroatoms. The van der Waals surface area contributed by atoms with Gasteiger partial charge in [0.15, 0.2) is 17.5 Å². The third kappa shape index (κ3) is 5.69. The Kier molecular flexibility index (Phi) is 6.88. The molecule has 150 valence electrons. The summed E-state index contributed by atoms with van der Waals surface area (Å²) in [7, 11) is 0. The van der Waals surface area contributed by atoms with Gasteiger partial charge in [-0.3, -0.25) is 0 Å². The number of nitroso groups, excluding NO2 is 1. The molecule has 0 fully saturated rings. The highest BCUT2D eigenvalue weighted by Crippen LogP contribution is 2.40. The molecule has 0 unspecified atom stereocenters. The van der Waals surface area contributed by atoms with E-state index in [1.54, 1.807) is 12.1 Å². The standard InChI is InChI=1S/C18H10Cl6N4O/c19-17(20,21)15-26-14(27-16(28-15)18(22,23)24)13-7-5-12(6-8-13)11-3-1-10(2-4-11)9-25-29/h1-8H,9H2. The quantitative estimate of drug-likeness (QED) is 0.276. The van der Waals surface area contributed by atoms with Gasteiger partial charge >= 0.3 is 0 Å². The summed E-state index contributed by atoms with van der Waals surface area (Å²) in [6.07, 6.45) is 0. The highest BCUT2D eigenvalue weighted by Gasteiger charge is 2.34. The van der Waals surface area contributed by atoms with Crippen molar-refractivity contribution >= 4 is 69.6 Å². The first-order valence-corrected chi connectivity index (χ1v) is 10.2. The first kappa shape index (κ1) is 22.5. The molecule has 0 radical (unpaired) electrons. The van der Waals surface area contributed by atoms with E-state index in [1.807, 2.05) is 36.4 Å². The van der Waals surface area contributed by atoms with Crippen molar-refractivity contribution in [3.8, 4) is 22.5 Å². The van der Waals surface area contributed by atoms with Crippen molar-refractivity contribution in [2.45, 2.75) is 14.1 Å². The van der Waals surface area contributed by atoms with Crippen molar-refractivity contribution < 1.29 is 0 Å². The van der Waals surface area contributed by atoms with E-state index in [-0.39, 0.29) is 24.0 Å². The summed E-state index contributed by atoms with van der Waals surface area (Å²) in [4.78, 5) is 22.7. The third-order valence-corrected chi connectivity index (χ3v) is 4.83. The van der Waals surface area contributed by atoms with Crippen LogP contribution in [0, 0.1) is 4.91 Å². The van der Waals surface area contributed by atoms with Gasteiger partial charge in [0.2, 0.25) is 7.59 Å². The minimum Gasteiger partial charge on any atom is -0.209 e. The number of hydrogen-bond acceptors (Lipinski definition) is 5. The van der Waals surface area contributed by atoms with Crippen LogP contribution in [0.1, 0.15) is 17.2 Å². The number of halogens is 6. The van der Waals surface area contributed by atoms with Crippen LogP contribution in [0.3, 0.4) is 0 Å². The molecule has 0 aliphatic carbocycles. The van der Waals surface area contributed by atoms with Gasteiger partial charge in [0.25, 0.3) is 0 Å². The second-order valence-electron chi connectivity index (χ2n) is 5.86. The summed E-state index contributed by atoms with van der Waals surface area (Å²) >= 11 is 35.4. The number of alkyl halides is 6. The Balaban J connectivity index is 1.97. The van der Waals surface area contributed by atoms with E-state index in [4.69, 9.17) is 69.6 Å². The number of rotatable bonds is 4. The highest BCUT2D eigenvalue weighted by molar-refractivity contribution is 6.67. The maximum absolute atomic E-state index is 10.4. The molecule has 3 aromatic rings. The fourth-order valence-corrected chi connectivity index (χ4v) is 2.95. The molecular formula is C18H10Cl6N4O. The summed E-state index contributed by atoms with van der Waals surface area (Å²) in [6, 6.07) is 14.8. The monoisotopic (exact) mass is 508 g/mol. The molecule has 0 N–H and O–H groups in total. The molecule has 0 aliphatic heterocycles. The van der Waals surface area contributed by atoms with Crippen molar-refractivity contribution in [3.63, 3.8) is 0 Å². The zero-order valence-electron chi connectivity index (χ0n) is 14.3. The van der Waals surface area contributed by atoms with E-state index in [9.17, 15) is 4.91 Å². The fourth-order valence-electron chi connectivity index (χ4n) is 2.45. The van der Waals surface area contributed by atoms with Gasteiger partial charge in [-0.05, 0) is 16.7 Å². The van der Waals surface area contributed by atoms with Gasteiger partial charge in [0.1, 0.15) is 6.54 Å². The first-order valence-electron chi connectivity index (χ1n) is 7.97. The van der Waals surface area contributed by atoms with Crippen molar-refractivity contribution in [2.75, 3.05) is 0 Å². The van der Waals surface area contributed by atoms with Crippen LogP contribution < -0.4 is 0 Å². The van der Waals surface area contributed by atoms with Crippen LogP contribution in [0.4, 0.5) is 0 Å². The molecule has 0 bridgehead atoms. The second kappa shape index (κ2) is 8.88. The van der Waals surface area contributed by atoms with Crippen LogP contribution in [0.25, 0.3) is 22.5 Å². The van der Waals surface area contributed by atoms with Gasteiger partial charge in [-0.15, -0.1) is 0 Å². The molecule has 0 saturated heterocycles. The van der Waals surface area contributed by atoms with Crippen LogP contribution in [0.5, 0.6) is 0 Å². The summed E-state index contributed by atoms with van der Waals surface area (Å²) in [5.41, 5.74) is 3.36. The van der Waals surface area contributed by atoms with E-state index in [1.165, 1.54) is 0 Å². The molecule has 5 nitrogen and oxygen atoms in total. The fraction of sp³-hybridized carbons (Fsp3) is 0.167. The average Bonchev–Trinajstić information content (AvgIpc) is 2.67. The zero-order chi connectivity index (χ0) is 21.2. The number of nitrogens with zero attached hydrogens (tertiary/aromatic N) is 4. The molecule has 3 rings (SSSR count). The average molecular weight is 511 g/mol. The summed E-state index contributed by atoms with van der Waals surface area (Å²) in [5.74, 6) is -0.115. The Labute approximate surface area is 196 Å². The van der Waals surface area contributed by atoms with E-state index >= 15 is 0 Å². The van der Waals surface area contributed by atoms with Crippen LogP contribution >= 0.6 is 69.6 Å². The smallest absolute Gasteiger partial charge is 0.209 e. The van der Waals surface area contributed by atoms with Crippen LogP contribution in [-0.2, 0) is 14.1 Å². The van der Waals surface area contributed by atoms with E-state index < -0.39 is 7.59 Å². The van der Waals surface area contributed by atoms with Gasteiger partial charge in [-0.25, -0.2) is 15.0 Å². The normalized spacial score (nSPS) is 12.1. The Morgan fingerprint density at radius 2 is 1.07 bits per heavy atom. The largest absolute Gasteiger partial charge is 0.250 e. The first-order chi connectivity index (χ1) is 13.6. The minimum absolute atomic E-state index is 0.135. The summed E-state index contributed by atoms with van der Waals surface area (Å²) < 4.78 is -3.83. The predicted octanol–water partition coefficient (Wildman–Crippen LogP) is 7.13. The van der Waals surface area contributed by atoms with E-state index in [0.717, 1.165) is 16.7 Å². The van der Waals surface area contributed by atoms with Gasteiger partial charge < -0.3 is 0 Å². The lowest BCUT2D eigenvalue weighted by atomic mass is 10.0. The third-order valence-electron chi connectivity index (χ3n) is 3.82. The lowest BCUT2D eigenvalue weighted by Gasteiger charge is -2.15. The number of benzene rings is 2. The molecule has 1 heterocycles. The highest BCUT2D eigenvalue weighted by atomic mass is 35.6. The Morgan fingerprint density at radius 3 is 1.48 bits per heavy atom. The molecule has 0 atom stereocenters. The van der Waals surface area contributed by atoms with Gasteiger partial charge in [0, 0.05) is 5.56 Å². The Bertz CT molecular complexity index is 982. The molecule has 0 spiro atoms. The van der Waals surface area contributed by atoms with Crippen molar-refractivity contribution in [3.05, 3.63) is 70.7 Å². The molecule has 0 aliphatic rings. The van der Waals surface area contributed by atoms with Gasteiger partial charge in [-0.1, -0.05) is 123 Å². The summed E-state index contributed by atoms with van der Waals surface area (Å²) in [6.45, 7) is 0.135.